The van der Waals surface area contributed by atoms with Gasteiger partial charge in [-0.3, -0.25) is 0 Å². The molecule has 0 saturated carbocycles. The van der Waals surface area contributed by atoms with E-state index >= 15 is 0 Å². The van der Waals surface area contributed by atoms with Crippen molar-refractivity contribution < 1.29 is 0 Å². The van der Waals surface area contributed by atoms with Gasteiger partial charge in [0.05, 0.1) is 0 Å². The van der Waals surface area contributed by atoms with Gasteiger partial charge in [0.15, 0.2) is 0 Å². The Kier molecular flexibility index (Phi) is 10.8. The third-order valence-corrected chi connectivity index (χ3v) is 16.3. The lowest BCUT2D eigenvalue weighted by atomic mass is 9.33. The van der Waals surface area contributed by atoms with Crippen LogP contribution in [0, 0.1) is 22.7 Å². The summed E-state index contributed by atoms with van der Waals surface area (Å²) in [6.45, 7) is 31.7. The summed E-state index contributed by atoms with van der Waals surface area (Å²) in [4.78, 5) is 5.52. The van der Waals surface area contributed by atoms with Gasteiger partial charge in [0.1, 0.15) is 0 Å². The van der Waals surface area contributed by atoms with Crippen molar-refractivity contribution in [3.63, 3.8) is 0 Å². The summed E-state index contributed by atoms with van der Waals surface area (Å²) in [5, 5.41) is 0. The molecule has 2 aliphatic heterocycles. The summed E-state index contributed by atoms with van der Waals surface area (Å²) >= 11 is 0. The maximum atomic E-state index is 2.77. The normalized spacial score (nSPS) is 20.4. The van der Waals surface area contributed by atoms with Crippen molar-refractivity contribution in [2.45, 2.75) is 158 Å². The van der Waals surface area contributed by atoms with Gasteiger partial charge in [-0.15, -0.1) is 0 Å². The minimum Gasteiger partial charge on any atom is -0.315 e. The molecule has 2 nitrogen and oxygen atoms in total. The second-order valence-corrected chi connectivity index (χ2v) is 24.2. The molecule has 9 rings (SSSR count). The molecular formula is C60H75BN2. The number of anilines is 4. The Morgan fingerprint density at radius 1 is 0.556 bits per heavy atom. The molecule has 2 unspecified atom stereocenters. The molecule has 0 amide bonds. The highest BCUT2D eigenvalue weighted by Gasteiger charge is 2.47. The maximum absolute atomic E-state index is 2.77. The molecule has 0 bridgehead atoms. The topological polar surface area (TPSA) is 6.48 Å². The van der Waals surface area contributed by atoms with E-state index in [1.165, 1.54) is 105 Å². The van der Waals surface area contributed by atoms with Crippen LogP contribution >= 0.6 is 0 Å². The lowest BCUT2D eigenvalue weighted by molar-refractivity contribution is 0.218. The molecule has 63 heavy (non-hydrogen) atoms. The van der Waals surface area contributed by atoms with E-state index in [1.807, 2.05) is 0 Å². The first kappa shape index (κ1) is 43.7. The molecular weight excluding hydrogens is 759 g/mol. The SMILES string of the molecule is CC(C)(C)c1ccc2c(c1)N(C1=CC=CC(C(C)(C)C3=CCCCC3)C1)c1cc(C(C)(C)C)cc3c1B2c1ccc(C(C)(C)c2ccccc2)cc1N3C1=CCCC(C(C)(C)C)C1. The molecule has 3 heteroatoms. The monoisotopic (exact) mass is 835 g/mol. The van der Waals surface area contributed by atoms with Crippen LogP contribution in [0.15, 0.2) is 126 Å². The number of rotatable bonds is 6. The molecule has 0 spiro atoms. The molecule has 0 saturated heterocycles. The van der Waals surface area contributed by atoms with Crippen molar-refractivity contribution in [1.82, 2.24) is 0 Å². The fourth-order valence-corrected chi connectivity index (χ4v) is 11.7. The van der Waals surface area contributed by atoms with Gasteiger partial charge in [-0.05, 0) is 154 Å². The summed E-state index contributed by atoms with van der Waals surface area (Å²) in [5.41, 5.74) is 19.9. The number of hydrogen-bond donors (Lipinski definition) is 0. The van der Waals surface area contributed by atoms with Gasteiger partial charge in [-0.2, -0.15) is 0 Å². The summed E-state index contributed by atoms with van der Waals surface area (Å²) in [6, 6.07) is 31.4. The smallest absolute Gasteiger partial charge is 0.252 e. The van der Waals surface area contributed by atoms with E-state index < -0.39 is 0 Å². The van der Waals surface area contributed by atoms with Gasteiger partial charge in [-0.1, -0.05) is 174 Å². The van der Waals surface area contributed by atoms with Crippen molar-refractivity contribution in [1.29, 1.82) is 0 Å². The van der Waals surface area contributed by atoms with Crippen LogP contribution in [0.4, 0.5) is 22.7 Å². The highest BCUT2D eigenvalue weighted by Crippen LogP contribution is 2.51. The van der Waals surface area contributed by atoms with Gasteiger partial charge in [0.2, 0.25) is 0 Å². The van der Waals surface area contributed by atoms with Gasteiger partial charge >= 0.3 is 0 Å². The van der Waals surface area contributed by atoms with E-state index in [9.17, 15) is 0 Å². The Morgan fingerprint density at radius 3 is 1.76 bits per heavy atom. The minimum absolute atomic E-state index is 0.00841. The second kappa shape index (κ2) is 15.6. The van der Waals surface area contributed by atoms with Crippen molar-refractivity contribution in [2.24, 2.45) is 22.7 Å². The largest absolute Gasteiger partial charge is 0.315 e. The van der Waals surface area contributed by atoms with E-state index in [-0.39, 0.29) is 33.8 Å². The minimum atomic E-state index is -0.169. The van der Waals surface area contributed by atoms with Crippen molar-refractivity contribution in [2.75, 3.05) is 9.80 Å². The van der Waals surface area contributed by atoms with Gasteiger partial charge in [0, 0.05) is 39.6 Å². The third kappa shape index (κ3) is 7.72. The van der Waals surface area contributed by atoms with E-state index in [2.05, 4.69) is 209 Å². The number of fused-ring (bicyclic) bond motifs is 4. The number of nitrogens with zero attached hydrogens (tertiary/aromatic N) is 2. The summed E-state index contributed by atoms with van der Waals surface area (Å²) < 4.78 is 0. The van der Waals surface area contributed by atoms with Crippen LogP contribution in [0.5, 0.6) is 0 Å². The zero-order valence-electron chi connectivity index (χ0n) is 41.2. The lowest BCUT2D eigenvalue weighted by Gasteiger charge is -2.48. The Morgan fingerprint density at radius 2 is 1.16 bits per heavy atom. The molecule has 3 aliphatic carbocycles. The molecule has 4 aromatic rings. The highest BCUT2D eigenvalue weighted by molar-refractivity contribution is 7.00. The first-order chi connectivity index (χ1) is 29.7. The summed E-state index contributed by atoms with van der Waals surface area (Å²) in [5.74, 6) is 1.02. The van der Waals surface area contributed by atoms with Crippen LogP contribution < -0.4 is 26.2 Å². The van der Waals surface area contributed by atoms with Crippen LogP contribution in [0.1, 0.15) is 164 Å². The maximum Gasteiger partial charge on any atom is 0.252 e. The number of hydrogen-bond acceptors (Lipinski definition) is 2. The van der Waals surface area contributed by atoms with Crippen LogP contribution in [-0.4, -0.2) is 6.71 Å². The third-order valence-electron chi connectivity index (χ3n) is 16.3. The predicted octanol–water partition coefficient (Wildman–Crippen LogP) is 14.7. The molecule has 5 aliphatic rings. The lowest BCUT2D eigenvalue weighted by Crippen LogP contribution is -2.62. The van der Waals surface area contributed by atoms with E-state index in [0.717, 1.165) is 19.3 Å². The molecule has 0 N–H and O–H groups in total. The van der Waals surface area contributed by atoms with Gasteiger partial charge < -0.3 is 9.80 Å². The molecule has 2 heterocycles. The zero-order valence-corrected chi connectivity index (χ0v) is 41.2. The zero-order chi connectivity index (χ0) is 44.9. The Bertz CT molecular complexity index is 2540. The fourth-order valence-electron chi connectivity index (χ4n) is 11.7. The van der Waals surface area contributed by atoms with Crippen LogP contribution in [0.25, 0.3) is 0 Å². The van der Waals surface area contributed by atoms with E-state index in [4.69, 9.17) is 0 Å². The molecule has 328 valence electrons. The fraction of sp³-hybridized carbons (Fsp3) is 0.467. The standard InChI is InChI=1S/C60H75BN2/c1-56(2,3)42-26-20-28-47(34-42)62-52-37-45(60(12,13)41-24-18-15-19-25-41)31-33-50(52)61-49-32-30-43(57(4,5)6)36-51(49)63(54-39-46(58(7,8)9)38-53(62)55(54)61)48-29-21-27-44(35-48)59(10,11)40-22-16-14-17-23-40/h15,18-19,21-22,24-25,27-33,36-39,42,44H,14,16-17,20,23,26,34-35H2,1-13H3. The van der Waals surface area contributed by atoms with Crippen molar-refractivity contribution >= 4 is 45.9 Å². The quantitative estimate of drug-likeness (QED) is 0.141. The van der Waals surface area contributed by atoms with Gasteiger partial charge in [-0.25, -0.2) is 0 Å². The first-order valence-electron chi connectivity index (χ1n) is 24.5. The molecule has 0 aromatic heterocycles. The molecule has 0 fully saturated rings. The average Bonchev–Trinajstić information content (AvgIpc) is 3.25. The molecule has 0 radical (unpaired) electrons. The molecule has 2 atom stereocenters. The first-order valence-corrected chi connectivity index (χ1v) is 24.5. The predicted molar refractivity (Wildman–Crippen MR) is 275 cm³/mol. The van der Waals surface area contributed by atoms with Crippen molar-refractivity contribution in [3.05, 3.63) is 148 Å². The van der Waals surface area contributed by atoms with E-state index in [0.29, 0.717) is 11.8 Å². The number of benzene rings is 4. The summed E-state index contributed by atoms with van der Waals surface area (Å²) in [6.07, 6.45) is 22.1. The Labute approximate surface area is 382 Å². The van der Waals surface area contributed by atoms with Gasteiger partial charge in [0.25, 0.3) is 6.71 Å². The highest BCUT2D eigenvalue weighted by atomic mass is 15.2. The van der Waals surface area contributed by atoms with Crippen LogP contribution in [0.2, 0.25) is 0 Å². The van der Waals surface area contributed by atoms with Crippen LogP contribution in [0.3, 0.4) is 0 Å². The summed E-state index contributed by atoms with van der Waals surface area (Å²) in [7, 11) is 0. The van der Waals surface area contributed by atoms with E-state index in [1.54, 1.807) is 5.57 Å². The second-order valence-electron chi connectivity index (χ2n) is 24.2. The average molecular weight is 835 g/mol. The Balaban J connectivity index is 1.31. The number of allylic oxidation sites excluding steroid dienone is 8. The molecule has 4 aromatic carbocycles. The van der Waals surface area contributed by atoms with Crippen molar-refractivity contribution in [3.8, 4) is 0 Å². The Hall–Kier alpha value is -4.50. The van der Waals surface area contributed by atoms with Crippen LogP contribution in [-0.2, 0) is 16.2 Å².